The molecule has 3 rings (SSSR count). The topological polar surface area (TPSA) is 21.7 Å². The van der Waals surface area contributed by atoms with Gasteiger partial charge in [0, 0.05) is 6.54 Å². The summed E-state index contributed by atoms with van der Waals surface area (Å²) in [5.41, 5.74) is 1.35. The third-order valence-corrected chi connectivity index (χ3v) is 3.70. The lowest BCUT2D eigenvalue weighted by Crippen LogP contribution is -2.24. The van der Waals surface area contributed by atoms with Crippen molar-refractivity contribution >= 4 is 0 Å². The van der Waals surface area contributed by atoms with Crippen molar-refractivity contribution in [3.05, 3.63) is 23.8 Å². The van der Waals surface area contributed by atoms with Crippen LogP contribution in [0, 0.1) is 0 Å². The van der Waals surface area contributed by atoms with Gasteiger partial charge in [-0.05, 0) is 49.5 Å². The van der Waals surface area contributed by atoms with Gasteiger partial charge >= 0.3 is 0 Å². The Balaban J connectivity index is 1.70. The maximum atomic E-state index is 5.42. The molecule has 0 aliphatic carbocycles. The van der Waals surface area contributed by atoms with Crippen LogP contribution >= 0.6 is 0 Å². The Morgan fingerprint density at radius 3 is 2.76 bits per heavy atom. The monoisotopic (exact) mass is 233 g/mol. The molecule has 17 heavy (non-hydrogen) atoms. The van der Waals surface area contributed by atoms with Crippen LogP contribution in [0.1, 0.15) is 31.2 Å². The van der Waals surface area contributed by atoms with Crippen LogP contribution in [0.3, 0.4) is 0 Å². The average molecular weight is 233 g/mol. The number of ether oxygens (including phenoxy) is 2. The molecule has 3 nitrogen and oxygen atoms in total. The van der Waals surface area contributed by atoms with E-state index in [0.717, 1.165) is 18.0 Å². The van der Waals surface area contributed by atoms with Gasteiger partial charge in [0.2, 0.25) is 6.79 Å². The summed E-state index contributed by atoms with van der Waals surface area (Å²) in [5.74, 6) is 2.33. The van der Waals surface area contributed by atoms with E-state index < -0.39 is 0 Å². The summed E-state index contributed by atoms with van der Waals surface area (Å²) in [4.78, 5) is 2.55. The molecule has 0 spiro atoms. The zero-order valence-corrected chi connectivity index (χ0v) is 10.3. The summed E-state index contributed by atoms with van der Waals surface area (Å²) in [6.07, 6.45) is 2.71. The molecule has 0 radical (unpaired) electrons. The van der Waals surface area contributed by atoms with E-state index in [2.05, 4.69) is 24.0 Å². The van der Waals surface area contributed by atoms with Gasteiger partial charge in [0.15, 0.2) is 11.5 Å². The summed E-state index contributed by atoms with van der Waals surface area (Å²) in [6.45, 7) is 6.32. The van der Waals surface area contributed by atoms with E-state index in [1.54, 1.807) is 0 Å². The Morgan fingerprint density at radius 2 is 1.94 bits per heavy atom. The zero-order chi connectivity index (χ0) is 11.7. The number of rotatable bonds is 3. The smallest absolute Gasteiger partial charge is 0.231 e. The van der Waals surface area contributed by atoms with Gasteiger partial charge in [-0.15, -0.1) is 0 Å². The summed E-state index contributed by atoms with van der Waals surface area (Å²) >= 11 is 0. The number of nitrogens with zero attached hydrogens (tertiary/aromatic N) is 1. The number of likely N-dealkylation sites (tertiary alicyclic amines) is 1. The number of benzene rings is 1. The fourth-order valence-corrected chi connectivity index (χ4v) is 2.68. The first-order chi connectivity index (χ1) is 8.33. The standard InChI is InChI=1S/C14H19NO2/c1-11(9-15-6-2-3-7-15)12-4-5-13-14(8-12)17-10-16-13/h4-5,8,11H,2-3,6-7,9-10H2,1H3/t11-/m1/s1. The van der Waals surface area contributed by atoms with Crippen molar-refractivity contribution in [2.45, 2.75) is 25.7 Å². The quantitative estimate of drug-likeness (QED) is 0.801. The molecule has 1 aromatic carbocycles. The van der Waals surface area contributed by atoms with Crippen LogP contribution < -0.4 is 9.47 Å². The molecular weight excluding hydrogens is 214 g/mol. The van der Waals surface area contributed by atoms with Crippen molar-refractivity contribution in [2.24, 2.45) is 0 Å². The molecule has 2 aliphatic heterocycles. The highest BCUT2D eigenvalue weighted by Crippen LogP contribution is 2.34. The van der Waals surface area contributed by atoms with Gasteiger partial charge < -0.3 is 14.4 Å². The molecule has 2 heterocycles. The first-order valence-electron chi connectivity index (χ1n) is 6.45. The highest BCUT2D eigenvalue weighted by atomic mass is 16.7. The SMILES string of the molecule is C[C@H](CN1CCCC1)c1ccc2c(c1)OCO2. The molecule has 1 aromatic rings. The number of hydrogen-bond donors (Lipinski definition) is 0. The van der Waals surface area contributed by atoms with Gasteiger partial charge in [-0.1, -0.05) is 13.0 Å². The highest BCUT2D eigenvalue weighted by molar-refractivity contribution is 5.45. The Bertz CT molecular complexity index is 399. The molecule has 1 saturated heterocycles. The third-order valence-electron chi connectivity index (χ3n) is 3.70. The predicted molar refractivity (Wildman–Crippen MR) is 66.7 cm³/mol. The molecule has 0 unspecified atom stereocenters. The van der Waals surface area contributed by atoms with Gasteiger partial charge in [0.05, 0.1) is 0 Å². The van der Waals surface area contributed by atoms with Crippen LogP contribution in [0.15, 0.2) is 18.2 Å². The van der Waals surface area contributed by atoms with Gasteiger partial charge in [0.25, 0.3) is 0 Å². The Morgan fingerprint density at radius 1 is 1.18 bits per heavy atom. The molecule has 3 heteroatoms. The summed E-state index contributed by atoms with van der Waals surface area (Å²) in [7, 11) is 0. The van der Waals surface area contributed by atoms with Crippen LogP contribution in [0.5, 0.6) is 11.5 Å². The zero-order valence-electron chi connectivity index (χ0n) is 10.3. The Labute approximate surface area is 102 Å². The number of hydrogen-bond acceptors (Lipinski definition) is 3. The summed E-state index contributed by atoms with van der Waals surface area (Å²) in [6, 6.07) is 6.31. The van der Waals surface area contributed by atoms with Crippen molar-refractivity contribution in [3.63, 3.8) is 0 Å². The highest BCUT2D eigenvalue weighted by Gasteiger charge is 2.18. The normalized spacial score (nSPS) is 20.8. The van der Waals surface area contributed by atoms with Gasteiger partial charge in [0.1, 0.15) is 0 Å². The molecule has 0 saturated carbocycles. The Kier molecular flexibility index (Phi) is 2.93. The lowest BCUT2D eigenvalue weighted by Gasteiger charge is -2.20. The maximum absolute atomic E-state index is 5.42. The third kappa shape index (κ3) is 2.25. The largest absolute Gasteiger partial charge is 0.454 e. The van der Waals surface area contributed by atoms with E-state index in [9.17, 15) is 0 Å². The predicted octanol–water partition coefficient (Wildman–Crippen LogP) is 2.61. The van der Waals surface area contributed by atoms with Crippen molar-refractivity contribution < 1.29 is 9.47 Å². The van der Waals surface area contributed by atoms with E-state index in [4.69, 9.17) is 9.47 Å². The first kappa shape index (κ1) is 10.9. The van der Waals surface area contributed by atoms with Crippen LogP contribution in [-0.4, -0.2) is 31.3 Å². The van der Waals surface area contributed by atoms with Crippen LogP contribution in [0.25, 0.3) is 0 Å². The molecule has 1 atom stereocenters. The molecule has 0 aromatic heterocycles. The second-order valence-electron chi connectivity index (χ2n) is 5.02. The van der Waals surface area contributed by atoms with E-state index in [-0.39, 0.29) is 0 Å². The van der Waals surface area contributed by atoms with Crippen molar-refractivity contribution in [2.75, 3.05) is 26.4 Å². The van der Waals surface area contributed by atoms with E-state index >= 15 is 0 Å². The molecular formula is C14H19NO2. The number of fused-ring (bicyclic) bond motifs is 1. The maximum Gasteiger partial charge on any atom is 0.231 e. The van der Waals surface area contributed by atoms with E-state index in [0.29, 0.717) is 12.7 Å². The lowest BCUT2D eigenvalue weighted by atomic mass is 10.0. The van der Waals surface area contributed by atoms with Crippen molar-refractivity contribution in [1.29, 1.82) is 0 Å². The molecule has 92 valence electrons. The minimum absolute atomic E-state index is 0.360. The first-order valence-corrected chi connectivity index (χ1v) is 6.45. The Hall–Kier alpha value is -1.22. The fraction of sp³-hybridized carbons (Fsp3) is 0.571. The summed E-state index contributed by atoms with van der Waals surface area (Å²) in [5, 5.41) is 0. The minimum Gasteiger partial charge on any atom is -0.454 e. The van der Waals surface area contributed by atoms with Gasteiger partial charge in [-0.25, -0.2) is 0 Å². The van der Waals surface area contributed by atoms with E-state index in [1.807, 2.05) is 6.07 Å². The van der Waals surface area contributed by atoms with Crippen molar-refractivity contribution in [1.82, 2.24) is 4.90 Å². The minimum atomic E-state index is 0.360. The molecule has 1 fully saturated rings. The lowest BCUT2D eigenvalue weighted by molar-refractivity contribution is 0.174. The van der Waals surface area contributed by atoms with Crippen LogP contribution in [0.4, 0.5) is 0 Å². The second-order valence-corrected chi connectivity index (χ2v) is 5.02. The van der Waals surface area contributed by atoms with Crippen LogP contribution in [0.2, 0.25) is 0 Å². The van der Waals surface area contributed by atoms with Gasteiger partial charge in [-0.2, -0.15) is 0 Å². The van der Waals surface area contributed by atoms with Gasteiger partial charge in [-0.3, -0.25) is 0 Å². The molecule has 0 bridgehead atoms. The second kappa shape index (κ2) is 4.57. The van der Waals surface area contributed by atoms with E-state index in [1.165, 1.54) is 31.5 Å². The van der Waals surface area contributed by atoms with Crippen LogP contribution in [-0.2, 0) is 0 Å². The average Bonchev–Trinajstić information content (AvgIpc) is 2.97. The molecule has 0 amide bonds. The van der Waals surface area contributed by atoms with Crippen molar-refractivity contribution in [3.8, 4) is 11.5 Å². The molecule has 0 N–H and O–H groups in total. The fourth-order valence-electron chi connectivity index (χ4n) is 2.68. The summed E-state index contributed by atoms with van der Waals surface area (Å²) < 4.78 is 10.8. The molecule has 2 aliphatic rings.